The lowest BCUT2D eigenvalue weighted by atomic mass is 10.2. The Balaban J connectivity index is 2.02. The Labute approximate surface area is 94.4 Å². The second-order valence-corrected chi connectivity index (χ2v) is 4.15. The summed E-state index contributed by atoms with van der Waals surface area (Å²) in [7, 11) is 1.45. The Morgan fingerprint density at radius 1 is 1.56 bits per heavy atom. The molecule has 1 aromatic carbocycles. The molecule has 0 bridgehead atoms. The van der Waals surface area contributed by atoms with Gasteiger partial charge in [0.15, 0.2) is 11.6 Å². The van der Waals surface area contributed by atoms with Gasteiger partial charge in [0.2, 0.25) is 0 Å². The minimum Gasteiger partial charge on any atom is -0.494 e. The summed E-state index contributed by atoms with van der Waals surface area (Å²) in [5, 5.41) is 9.38. The van der Waals surface area contributed by atoms with E-state index < -0.39 is 0 Å². The number of hydrogen-bond donors (Lipinski definition) is 1. The second-order valence-electron chi connectivity index (χ2n) is 4.15. The second kappa shape index (κ2) is 4.80. The first-order valence-electron chi connectivity index (χ1n) is 5.42. The zero-order chi connectivity index (χ0) is 11.5. The molecule has 2 rings (SSSR count). The third-order valence-corrected chi connectivity index (χ3v) is 2.87. The van der Waals surface area contributed by atoms with Gasteiger partial charge in [0.25, 0.3) is 0 Å². The van der Waals surface area contributed by atoms with Crippen molar-refractivity contribution >= 4 is 0 Å². The number of ether oxygens (including phenoxy) is 1. The highest BCUT2D eigenvalue weighted by molar-refractivity contribution is 5.29. The molecule has 0 radical (unpaired) electrons. The molecule has 3 nitrogen and oxygen atoms in total. The van der Waals surface area contributed by atoms with Crippen molar-refractivity contribution in [1.82, 2.24) is 4.90 Å². The summed E-state index contributed by atoms with van der Waals surface area (Å²) in [5.74, 6) is -0.0649. The fourth-order valence-electron chi connectivity index (χ4n) is 2.02. The summed E-state index contributed by atoms with van der Waals surface area (Å²) >= 11 is 0. The number of methoxy groups -OCH3 is 1. The van der Waals surface area contributed by atoms with Crippen molar-refractivity contribution in [3.05, 3.63) is 29.6 Å². The molecule has 0 unspecified atom stereocenters. The van der Waals surface area contributed by atoms with E-state index in [1.54, 1.807) is 6.07 Å². The number of nitrogens with zero attached hydrogens (tertiary/aromatic N) is 1. The number of aliphatic hydroxyl groups excluding tert-OH is 1. The van der Waals surface area contributed by atoms with Crippen LogP contribution in [-0.4, -0.2) is 36.3 Å². The van der Waals surface area contributed by atoms with E-state index in [-0.39, 0.29) is 17.7 Å². The SMILES string of the molecule is COc1ccc(CN2CC[C@@H](O)C2)cc1F. The fraction of sp³-hybridized carbons (Fsp3) is 0.500. The van der Waals surface area contributed by atoms with E-state index in [1.807, 2.05) is 6.07 Å². The Morgan fingerprint density at radius 3 is 2.94 bits per heavy atom. The first-order valence-corrected chi connectivity index (χ1v) is 5.42. The summed E-state index contributed by atoms with van der Waals surface area (Å²) in [6.45, 7) is 2.22. The summed E-state index contributed by atoms with van der Waals surface area (Å²) in [6.07, 6.45) is 0.571. The highest BCUT2D eigenvalue weighted by atomic mass is 19.1. The molecule has 1 aromatic rings. The smallest absolute Gasteiger partial charge is 0.165 e. The maximum atomic E-state index is 13.4. The summed E-state index contributed by atoms with van der Waals surface area (Å²) < 4.78 is 18.3. The van der Waals surface area contributed by atoms with E-state index in [4.69, 9.17) is 4.74 Å². The molecule has 0 saturated carbocycles. The van der Waals surface area contributed by atoms with E-state index in [1.165, 1.54) is 13.2 Å². The van der Waals surface area contributed by atoms with Crippen LogP contribution < -0.4 is 4.74 Å². The van der Waals surface area contributed by atoms with Gasteiger partial charge < -0.3 is 9.84 Å². The van der Waals surface area contributed by atoms with E-state index in [9.17, 15) is 9.50 Å². The van der Waals surface area contributed by atoms with E-state index in [0.29, 0.717) is 13.1 Å². The van der Waals surface area contributed by atoms with Gasteiger partial charge in [0.05, 0.1) is 13.2 Å². The van der Waals surface area contributed by atoms with Gasteiger partial charge in [-0.25, -0.2) is 4.39 Å². The first kappa shape index (κ1) is 11.4. The van der Waals surface area contributed by atoms with Crippen molar-refractivity contribution in [2.45, 2.75) is 19.1 Å². The lowest BCUT2D eigenvalue weighted by molar-refractivity contribution is 0.174. The molecule has 0 aliphatic carbocycles. The highest BCUT2D eigenvalue weighted by Crippen LogP contribution is 2.20. The summed E-state index contributed by atoms with van der Waals surface area (Å²) in [4.78, 5) is 2.12. The minimum atomic E-state index is -0.334. The minimum absolute atomic E-state index is 0.233. The molecule has 0 aromatic heterocycles. The maximum absolute atomic E-state index is 13.4. The molecule has 1 heterocycles. The third kappa shape index (κ3) is 2.51. The van der Waals surface area contributed by atoms with Gasteiger partial charge >= 0.3 is 0 Å². The van der Waals surface area contributed by atoms with Crippen molar-refractivity contribution in [2.75, 3.05) is 20.2 Å². The molecule has 1 atom stereocenters. The predicted octanol–water partition coefficient (Wildman–Crippen LogP) is 1.40. The molecule has 16 heavy (non-hydrogen) atoms. The monoisotopic (exact) mass is 225 g/mol. The van der Waals surface area contributed by atoms with Gasteiger partial charge in [-0.1, -0.05) is 6.07 Å². The zero-order valence-corrected chi connectivity index (χ0v) is 9.32. The molecule has 88 valence electrons. The van der Waals surface area contributed by atoms with Gasteiger partial charge in [0.1, 0.15) is 0 Å². The van der Waals surface area contributed by atoms with Crippen molar-refractivity contribution in [3.8, 4) is 5.75 Å². The van der Waals surface area contributed by atoms with Gasteiger partial charge in [-0.2, -0.15) is 0 Å². The largest absolute Gasteiger partial charge is 0.494 e. The third-order valence-electron chi connectivity index (χ3n) is 2.87. The Hall–Kier alpha value is -1.13. The average Bonchev–Trinajstić information content (AvgIpc) is 2.64. The number of hydrogen-bond acceptors (Lipinski definition) is 3. The molecule has 4 heteroatoms. The Bertz CT molecular complexity index is 370. The van der Waals surface area contributed by atoms with Crippen molar-refractivity contribution in [3.63, 3.8) is 0 Å². The molecule has 1 aliphatic rings. The lowest BCUT2D eigenvalue weighted by Crippen LogP contribution is -2.21. The predicted molar refractivity (Wildman–Crippen MR) is 58.9 cm³/mol. The van der Waals surface area contributed by atoms with Crippen LogP contribution in [0.15, 0.2) is 18.2 Å². The molecule has 1 aliphatic heterocycles. The lowest BCUT2D eigenvalue weighted by Gasteiger charge is -2.15. The quantitative estimate of drug-likeness (QED) is 0.844. The number of halogens is 1. The molecule has 0 spiro atoms. The maximum Gasteiger partial charge on any atom is 0.165 e. The molecule has 1 saturated heterocycles. The van der Waals surface area contributed by atoms with Crippen LogP contribution in [0.1, 0.15) is 12.0 Å². The van der Waals surface area contributed by atoms with Gasteiger partial charge in [-0.05, 0) is 24.1 Å². The average molecular weight is 225 g/mol. The highest BCUT2D eigenvalue weighted by Gasteiger charge is 2.20. The van der Waals surface area contributed by atoms with Gasteiger partial charge in [-0.15, -0.1) is 0 Å². The fourth-order valence-corrected chi connectivity index (χ4v) is 2.02. The van der Waals surface area contributed by atoms with Crippen LogP contribution in [0.3, 0.4) is 0 Å². The number of aliphatic hydroxyl groups is 1. The van der Waals surface area contributed by atoms with Gasteiger partial charge in [-0.3, -0.25) is 4.90 Å². The van der Waals surface area contributed by atoms with Crippen LogP contribution in [0.5, 0.6) is 5.75 Å². The number of rotatable bonds is 3. The van der Waals surface area contributed by atoms with Crippen molar-refractivity contribution < 1.29 is 14.2 Å². The number of likely N-dealkylation sites (tertiary alicyclic amines) is 1. The first-order chi connectivity index (χ1) is 7.69. The van der Waals surface area contributed by atoms with Crippen molar-refractivity contribution in [1.29, 1.82) is 0 Å². The van der Waals surface area contributed by atoms with E-state index >= 15 is 0 Å². The van der Waals surface area contributed by atoms with Crippen LogP contribution in [0.2, 0.25) is 0 Å². The number of β-amino-alcohol motifs (C(OH)–C–C–N with tert-alkyl or cyclic N) is 1. The van der Waals surface area contributed by atoms with Crippen LogP contribution >= 0.6 is 0 Å². The Morgan fingerprint density at radius 2 is 2.38 bits per heavy atom. The molecule has 0 amide bonds. The van der Waals surface area contributed by atoms with Crippen LogP contribution in [0, 0.1) is 5.82 Å². The zero-order valence-electron chi connectivity index (χ0n) is 9.32. The van der Waals surface area contributed by atoms with Crippen LogP contribution in [0.25, 0.3) is 0 Å². The van der Waals surface area contributed by atoms with E-state index in [0.717, 1.165) is 18.5 Å². The number of benzene rings is 1. The molecule has 1 N–H and O–H groups in total. The van der Waals surface area contributed by atoms with E-state index in [2.05, 4.69) is 4.90 Å². The summed E-state index contributed by atoms with van der Waals surface area (Å²) in [6, 6.07) is 4.98. The standard InChI is InChI=1S/C12H16FNO2/c1-16-12-3-2-9(6-11(12)13)7-14-5-4-10(15)8-14/h2-3,6,10,15H,4-5,7-8H2,1H3/t10-/m1/s1. The molecular formula is C12H16FNO2. The van der Waals surface area contributed by atoms with Crippen LogP contribution in [-0.2, 0) is 6.54 Å². The summed E-state index contributed by atoms with van der Waals surface area (Å²) in [5.41, 5.74) is 0.910. The topological polar surface area (TPSA) is 32.7 Å². The van der Waals surface area contributed by atoms with Gasteiger partial charge in [0, 0.05) is 19.6 Å². The molecule has 1 fully saturated rings. The molecular weight excluding hydrogens is 209 g/mol. The normalized spacial score (nSPS) is 21.3. The Kier molecular flexibility index (Phi) is 3.41. The van der Waals surface area contributed by atoms with Crippen LogP contribution in [0.4, 0.5) is 4.39 Å². The van der Waals surface area contributed by atoms with Crippen molar-refractivity contribution in [2.24, 2.45) is 0 Å².